The lowest BCUT2D eigenvalue weighted by atomic mass is 9.81. The molecule has 6 heteroatoms. The SMILES string of the molecule is Cl.O=c1[nH]c2cc(C3CCC(NCCCc4ccc(F)cc4)CC3)ccc2o1. The number of oxazole rings is 1. The molecule has 0 radical (unpaired) electrons. The third-order valence-electron chi connectivity index (χ3n) is 5.63. The summed E-state index contributed by atoms with van der Waals surface area (Å²) in [4.78, 5) is 14.0. The Kier molecular flexibility index (Phi) is 6.92. The standard InChI is InChI=1S/C22H25FN2O2.ClH/c23-18-8-3-15(4-9-18)2-1-13-24-19-10-5-16(6-11-19)17-7-12-21-20(14-17)25-22(26)27-21;/h3-4,7-9,12,14,16,19,24H,1-2,5-6,10-11,13H2,(H,25,26);1H. The highest BCUT2D eigenvalue weighted by molar-refractivity contribution is 5.85. The zero-order valence-electron chi connectivity index (χ0n) is 15.7. The molecule has 28 heavy (non-hydrogen) atoms. The molecule has 1 fully saturated rings. The molecule has 0 bridgehead atoms. The van der Waals surface area contributed by atoms with E-state index in [1.165, 1.54) is 36.1 Å². The van der Waals surface area contributed by atoms with Crippen LogP contribution in [-0.4, -0.2) is 17.6 Å². The van der Waals surface area contributed by atoms with Crippen molar-refractivity contribution in [1.29, 1.82) is 0 Å². The lowest BCUT2D eigenvalue weighted by Gasteiger charge is -2.29. The summed E-state index contributed by atoms with van der Waals surface area (Å²) in [6.45, 7) is 0.995. The van der Waals surface area contributed by atoms with Crippen LogP contribution in [0, 0.1) is 5.82 Å². The van der Waals surface area contributed by atoms with Crippen LogP contribution in [0.5, 0.6) is 0 Å². The van der Waals surface area contributed by atoms with Crippen molar-refractivity contribution in [2.24, 2.45) is 0 Å². The van der Waals surface area contributed by atoms with Crippen molar-refractivity contribution in [3.05, 3.63) is 70.0 Å². The van der Waals surface area contributed by atoms with Crippen molar-refractivity contribution in [3.63, 3.8) is 0 Å². The van der Waals surface area contributed by atoms with Gasteiger partial charge in [-0.25, -0.2) is 9.18 Å². The molecule has 0 atom stereocenters. The Morgan fingerprint density at radius 2 is 1.82 bits per heavy atom. The first-order valence-electron chi connectivity index (χ1n) is 9.78. The van der Waals surface area contributed by atoms with E-state index in [4.69, 9.17) is 4.42 Å². The molecule has 0 unspecified atom stereocenters. The normalized spacial score (nSPS) is 19.5. The molecule has 0 aliphatic heterocycles. The summed E-state index contributed by atoms with van der Waals surface area (Å²) in [6.07, 6.45) is 6.69. The Bertz CT molecular complexity index is 943. The molecule has 0 amide bonds. The van der Waals surface area contributed by atoms with Gasteiger partial charge in [0.1, 0.15) is 5.82 Å². The lowest BCUT2D eigenvalue weighted by molar-refractivity contribution is 0.342. The zero-order chi connectivity index (χ0) is 18.6. The number of H-pyrrole nitrogens is 1. The molecule has 4 rings (SSSR count). The summed E-state index contributed by atoms with van der Waals surface area (Å²) in [5, 5.41) is 3.67. The number of rotatable bonds is 6. The molecular weight excluding hydrogens is 379 g/mol. The van der Waals surface area contributed by atoms with Crippen LogP contribution in [0.1, 0.15) is 49.1 Å². The second kappa shape index (κ2) is 9.39. The monoisotopic (exact) mass is 404 g/mol. The third-order valence-corrected chi connectivity index (χ3v) is 5.63. The molecule has 0 spiro atoms. The topological polar surface area (TPSA) is 58.0 Å². The van der Waals surface area contributed by atoms with E-state index in [9.17, 15) is 9.18 Å². The summed E-state index contributed by atoms with van der Waals surface area (Å²) < 4.78 is 18.0. The number of nitrogens with one attached hydrogen (secondary N) is 2. The summed E-state index contributed by atoms with van der Waals surface area (Å²) in [7, 11) is 0. The molecule has 1 aromatic heterocycles. The third kappa shape index (κ3) is 5.03. The van der Waals surface area contributed by atoms with E-state index in [-0.39, 0.29) is 18.2 Å². The maximum absolute atomic E-state index is 12.9. The van der Waals surface area contributed by atoms with Gasteiger partial charge >= 0.3 is 5.76 Å². The summed E-state index contributed by atoms with van der Waals surface area (Å²) in [5.74, 6) is -0.0207. The molecular formula is C22H26ClFN2O2. The quantitative estimate of drug-likeness (QED) is 0.572. The van der Waals surface area contributed by atoms with E-state index in [0.29, 0.717) is 17.5 Å². The molecule has 2 aromatic carbocycles. The average molecular weight is 405 g/mol. The molecule has 0 saturated heterocycles. The van der Waals surface area contributed by atoms with Gasteiger partial charge in [0.05, 0.1) is 5.52 Å². The number of benzene rings is 2. The van der Waals surface area contributed by atoms with Crippen molar-refractivity contribution >= 4 is 23.5 Å². The first-order valence-corrected chi connectivity index (χ1v) is 9.78. The predicted octanol–water partition coefficient (Wildman–Crippen LogP) is 4.93. The average Bonchev–Trinajstić information content (AvgIpc) is 3.06. The Labute approximate surface area is 169 Å². The molecule has 1 aliphatic rings. The van der Waals surface area contributed by atoms with Crippen LogP contribution < -0.4 is 11.1 Å². The second-order valence-corrected chi connectivity index (χ2v) is 7.50. The predicted molar refractivity (Wildman–Crippen MR) is 112 cm³/mol. The van der Waals surface area contributed by atoms with Gasteiger partial charge in [-0.05, 0) is 86.4 Å². The fraction of sp³-hybridized carbons (Fsp3) is 0.409. The maximum Gasteiger partial charge on any atom is 0.417 e. The largest absolute Gasteiger partial charge is 0.417 e. The lowest BCUT2D eigenvalue weighted by Crippen LogP contribution is -2.33. The number of fused-ring (bicyclic) bond motifs is 1. The number of aromatic nitrogens is 1. The molecule has 1 heterocycles. The van der Waals surface area contributed by atoms with Gasteiger partial charge in [0.25, 0.3) is 0 Å². The van der Waals surface area contributed by atoms with Gasteiger partial charge in [0.15, 0.2) is 5.58 Å². The molecule has 1 aliphatic carbocycles. The van der Waals surface area contributed by atoms with Gasteiger partial charge in [-0.3, -0.25) is 4.98 Å². The van der Waals surface area contributed by atoms with Gasteiger partial charge in [0.2, 0.25) is 0 Å². The van der Waals surface area contributed by atoms with Crippen LogP contribution in [0.3, 0.4) is 0 Å². The van der Waals surface area contributed by atoms with Crippen LogP contribution in [0.4, 0.5) is 4.39 Å². The van der Waals surface area contributed by atoms with Crippen molar-refractivity contribution in [3.8, 4) is 0 Å². The van der Waals surface area contributed by atoms with Crippen LogP contribution in [-0.2, 0) is 6.42 Å². The number of hydrogen-bond acceptors (Lipinski definition) is 3. The van der Waals surface area contributed by atoms with E-state index < -0.39 is 5.76 Å². The van der Waals surface area contributed by atoms with E-state index in [2.05, 4.69) is 22.4 Å². The summed E-state index contributed by atoms with van der Waals surface area (Å²) in [5.41, 5.74) is 3.89. The van der Waals surface area contributed by atoms with Crippen molar-refractivity contribution in [2.45, 2.75) is 50.5 Å². The summed E-state index contributed by atoms with van der Waals surface area (Å²) >= 11 is 0. The van der Waals surface area contributed by atoms with Gasteiger partial charge in [-0.1, -0.05) is 18.2 Å². The van der Waals surface area contributed by atoms with E-state index in [1.54, 1.807) is 0 Å². The fourth-order valence-corrected chi connectivity index (χ4v) is 4.10. The molecule has 2 N–H and O–H groups in total. The molecule has 4 nitrogen and oxygen atoms in total. The van der Waals surface area contributed by atoms with Crippen molar-refractivity contribution < 1.29 is 8.81 Å². The first kappa shape index (κ1) is 20.6. The highest BCUT2D eigenvalue weighted by Crippen LogP contribution is 2.33. The molecule has 150 valence electrons. The Morgan fingerprint density at radius 1 is 1.07 bits per heavy atom. The smallest absolute Gasteiger partial charge is 0.408 e. The van der Waals surface area contributed by atoms with Gasteiger partial charge < -0.3 is 9.73 Å². The minimum atomic E-state index is -0.393. The van der Waals surface area contributed by atoms with E-state index >= 15 is 0 Å². The number of hydrogen-bond donors (Lipinski definition) is 2. The van der Waals surface area contributed by atoms with Crippen LogP contribution in [0.2, 0.25) is 0 Å². The van der Waals surface area contributed by atoms with E-state index in [0.717, 1.165) is 37.7 Å². The fourth-order valence-electron chi connectivity index (χ4n) is 4.10. The minimum absolute atomic E-state index is 0. The highest BCUT2D eigenvalue weighted by atomic mass is 35.5. The van der Waals surface area contributed by atoms with Crippen LogP contribution in [0.15, 0.2) is 51.7 Å². The van der Waals surface area contributed by atoms with Crippen molar-refractivity contribution in [2.75, 3.05) is 6.54 Å². The molecule has 1 saturated carbocycles. The Morgan fingerprint density at radius 3 is 2.57 bits per heavy atom. The van der Waals surface area contributed by atoms with Crippen LogP contribution >= 0.6 is 12.4 Å². The highest BCUT2D eigenvalue weighted by Gasteiger charge is 2.22. The minimum Gasteiger partial charge on any atom is -0.408 e. The second-order valence-electron chi connectivity index (χ2n) is 7.50. The Balaban J connectivity index is 0.00000225. The Hall–Kier alpha value is -2.11. The number of halogens is 2. The number of aryl methyl sites for hydroxylation is 1. The van der Waals surface area contributed by atoms with E-state index in [1.807, 2.05) is 18.2 Å². The van der Waals surface area contributed by atoms with Gasteiger partial charge in [-0.2, -0.15) is 0 Å². The summed E-state index contributed by atoms with van der Waals surface area (Å²) in [6, 6.07) is 13.4. The van der Waals surface area contributed by atoms with Gasteiger partial charge in [0, 0.05) is 6.04 Å². The van der Waals surface area contributed by atoms with Gasteiger partial charge in [-0.15, -0.1) is 12.4 Å². The molecule has 3 aromatic rings. The van der Waals surface area contributed by atoms with Crippen LogP contribution in [0.25, 0.3) is 11.1 Å². The maximum atomic E-state index is 12.9. The zero-order valence-corrected chi connectivity index (χ0v) is 16.6. The number of aromatic amines is 1. The van der Waals surface area contributed by atoms with Crippen molar-refractivity contribution in [1.82, 2.24) is 10.3 Å². The first-order chi connectivity index (χ1) is 13.2.